The monoisotopic (exact) mass is 495 g/mol. The molecule has 0 spiro atoms. The van der Waals surface area contributed by atoms with Gasteiger partial charge in [0.25, 0.3) is 0 Å². The van der Waals surface area contributed by atoms with Crippen molar-refractivity contribution in [1.82, 2.24) is 15.2 Å². The summed E-state index contributed by atoms with van der Waals surface area (Å²) in [6, 6.07) is 13.1. The summed E-state index contributed by atoms with van der Waals surface area (Å²) in [6.07, 6.45) is -0.864. The Morgan fingerprint density at radius 3 is 2.22 bits per heavy atom. The number of hydrogen-bond donors (Lipinski definition) is 0. The first-order chi connectivity index (χ1) is 17.4. The number of anilines is 2. The summed E-state index contributed by atoms with van der Waals surface area (Å²) in [5.74, 6) is 1.99. The van der Waals surface area contributed by atoms with E-state index in [1.807, 2.05) is 23.1 Å². The Balaban J connectivity index is 1.32. The predicted octanol–water partition coefficient (Wildman–Crippen LogP) is 5.05. The molecular weight excluding hydrogens is 471 g/mol. The van der Waals surface area contributed by atoms with E-state index in [9.17, 15) is 13.2 Å². The Hall–Kier alpha value is -4.08. The normalized spacial score (nSPS) is 14.2. The summed E-state index contributed by atoms with van der Waals surface area (Å²) in [4.78, 5) is 8.76. The Bertz CT molecular complexity index is 1370. The van der Waals surface area contributed by atoms with Gasteiger partial charge in [-0.15, -0.1) is 0 Å². The van der Waals surface area contributed by atoms with Gasteiger partial charge in [-0.05, 0) is 36.4 Å². The number of aromatic nitrogens is 3. The molecule has 186 valence electrons. The second kappa shape index (κ2) is 9.52. The highest BCUT2D eigenvalue weighted by atomic mass is 19.4. The van der Waals surface area contributed by atoms with Gasteiger partial charge in [0.05, 0.1) is 31.5 Å². The predicted molar refractivity (Wildman–Crippen MR) is 132 cm³/mol. The minimum absolute atomic E-state index is 0.578. The summed E-state index contributed by atoms with van der Waals surface area (Å²) >= 11 is 0. The molecule has 1 aliphatic rings. The van der Waals surface area contributed by atoms with Gasteiger partial charge >= 0.3 is 6.18 Å². The van der Waals surface area contributed by atoms with Crippen LogP contribution < -0.4 is 19.3 Å². The van der Waals surface area contributed by atoms with Gasteiger partial charge in [0, 0.05) is 60.6 Å². The Kier molecular flexibility index (Phi) is 6.26. The standard InChI is InChI=1S/C26H24F3N5O2/c1-35-23-13-20-21(16-31-32-22(20)14-24(23)36-2)17-6-7-25(30-15-17)34-10-8-33(9-11-34)19-5-3-4-18(12-19)26(27,28)29/h3-7,12-16H,8-11H2,1-2H3. The van der Waals surface area contributed by atoms with Crippen LogP contribution >= 0.6 is 0 Å². The lowest BCUT2D eigenvalue weighted by Crippen LogP contribution is -2.46. The van der Waals surface area contributed by atoms with Gasteiger partial charge in [-0.2, -0.15) is 23.4 Å². The quantitative estimate of drug-likeness (QED) is 0.384. The summed E-state index contributed by atoms with van der Waals surface area (Å²) in [5.41, 5.74) is 2.38. The third kappa shape index (κ3) is 4.58. The highest BCUT2D eigenvalue weighted by molar-refractivity contribution is 5.95. The molecule has 2 aromatic carbocycles. The van der Waals surface area contributed by atoms with E-state index in [1.165, 1.54) is 12.1 Å². The van der Waals surface area contributed by atoms with Crippen molar-refractivity contribution in [2.24, 2.45) is 0 Å². The van der Waals surface area contributed by atoms with Crippen LogP contribution in [-0.2, 0) is 6.18 Å². The molecule has 1 saturated heterocycles. The lowest BCUT2D eigenvalue weighted by atomic mass is 10.0. The van der Waals surface area contributed by atoms with Crippen LogP contribution in [-0.4, -0.2) is 55.6 Å². The molecule has 0 aliphatic carbocycles. The van der Waals surface area contributed by atoms with Crippen LogP contribution in [0.1, 0.15) is 5.56 Å². The van der Waals surface area contributed by atoms with Gasteiger partial charge in [0.2, 0.25) is 0 Å². The summed E-state index contributed by atoms with van der Waals surface area (Å²) in [5, 5.41) is 9.21. The second-order valence-electron chi connectivity index (χ2n) is 8.41. The van der Waals surface area contributed by atoms with Crippen molar-refractivity contribution in [3.8, 4) is 22.6 Å². The smallest absolute Gasteiger partial charge is 0.416 e. The van der Waals surface area contributed by atoms with Crippen molar-refractivity contribution in [2.75, 3.05) is 50.2 Å². The zero-order valence-corrected chi connectivity index (χ0v) is 19.8. The molecule has 10 heteroatoms. The first-order valence-corrected chi connectivity index (χ1v) is 11.4. The van der Waals surface area contributed by atoms with E-state index in [0.29, 0.717) is 48.9 Å². The first kappa shape index (κ1) is 23.7. The molecule has 7 nitrogen and oxygen atoms in total. The molecule has 4 aromatic rings. The lowest BCUT2D eigenvalue weighted by Gasteiger charge is -2.37. The van der Waals surface area contributed by atoms with Gasteiger partial charge in [-0.1, -0.05) is 6.07 Å². The average Bonchev–Trinajstić information content (AvgIpc) is 2.91. The van der Waals surface area contributed by atoms with E-state index in [1.54, 1.807) is 38.7 Å². The maximum atomic E-state index is 13.1. The van der Waals surface area contributed by atoms with Crippen LogP contribution in [0.15, 0.2) is 60.9 Å². The first-order valence-electron chi connectivity index (χ1n) is 11.4. The molecule has 3 heterocycles. The molecule has 0 N–H and O–H groups in total. The number of piperazine rings is 1. The fourth-order valence-corrected chi connectivity index (χ4v) is 4.42. The molecule has 1 aliphatic heterocycles. The van der Waals surface area contributed by atoms with Gasteiger partial charge in [-0.3, -0.25) is 0 Å². The number of fused-ring (bicyclic) bond motifs is 1. The minimum atomic E-state index is -4.35. The van der Waals surface area contributed by atoms with Crippen molar-refractivity contribution in [2.45, 2.75) is 6.18 Å². The van der Waals surface area contributed by atoms with Gasteiger partial charge in [0.15, 0.2) is 11.5 Å². The summed E-state index contributed by atoms with van der Waals surface area (Å²) in [6.45, 7) is 2.51. The third-order valence-electron chi connectivity index (χ3n) is 6.35. The molecule has 0 saturated carbocycles. The number of rotatable bonds is 5. The van der Waals surface area contributed by atoms with E-state index in [2.05, 4.69) is 20.1 Å². The average molecular weight is 496 g/mol. The van der Waals surface area contributed by atoms with E-state index in [4.69, 9.17) is 9.47 Å². The SMILES string of the molecule is COc1cc2nncc(-c3ccc(N4CCN(c5cccc(C(F)(F)F)c5)CC4)nc3)c2cc1OC. The number of nitrogens with zero attached hydrogens (tertiary/aromatic N) is 5. The molecule has 1 fully saturated rings. The van der Waals surface area contributed by atoms with Crippen LogP contribution in [0.3, 0.4) is 0 Å². The largest absolute Gasteiger partial charge is 0.493 e. The number of ether oxygens (including phenoxy) is 2. The number of methoxy groups -OCH3 is 2. The molecule has 5 rings (SSSR count). The van der Waals surface area contributed by atoms with Crippen molar-refractivity contribution in [3.05, 3.63) is 66.5 Å². The number of alkyl halides is 3. The fourth-order valence-electron chi connectivity index (χ4n) is 4.42. The topological polar surface area (TPSA) is 63.6 Å². The minimum Gasteiger partial charge on any atom is -0.493 e. The number of pyridine rings is 1. The Morgan fingerprint density at radius 1 is 0.833 bits per heavy atom. The molecular formula is C26H24F3N5O2. The maximum absolute atomic E-state index is 13.1. The van der Waals surface area contributed by atoms with E-state index >= 15 is 0 Å². The van der Waals surface area contributed by atoms with Crippen LogP contribution in [0.2, 0.25) is 0 Å². The van der Waals surface area contributed by atoms with Crippen LogP contribution in [0.5, 0.6) is 11.5 Å². The maximum Gasteiger partial charge on any atom is 0.416 e. The van der Waals surface area contributed by atoms with Crippen molar-refractivity contribution < 1.29 is 22.6 Å². The molecule has 0 unspecified atom stereocenters. The molecule has 36 heavy (non-hydrogen) atoms. The van der Waals surface area contributed by atoms with E-state index in [-0.39, 0.29) is 0 Å². The van der Waals surface area contributed by atoms with Gasteiger partial charge < -0.3 is 19.3 Å². The summed E-state index contributed by atoms with van der Waals surface area (Å²) in [7, 11) is 3.16. The zero-order valence-electron chi connectivity index (χ0n) is 19.8. The second-order valence-corrected chi connectivity index (χ2v) is 8.41. The fraction of sp³-hybridized carbons (Fsp3) is 0.269. The molecule has 0 bridgehead atoms. The lowest BCUT2D eigenvalue weighted by molar-refractivity contribution is -0.137. The zero-order chi connectivity index (χ0) is 25.3. The van der Waals surface area contributed by atoms with E-state index in [0.717, 1.165) is 28.4 Å². The van der Waals surface area contributed by atoms with Crippen molar-refractivity contribution in [3.63, 3.8) is 0 Å². The van der Waals surface area contributed by atoms with Crippen molar-refractivity contribution in [1.29, 1.82) is 0 Å². The summed E-state index contributed by atoms with van der Waals surface area (Å²) < 4.78 is 50.0. The number of benzene rings is 2. The molecule has 0 atom stereocenters. The van der Waals surface area contributed by atoms with Crippen LogP contribution in [0.25, 0.3) is 22.0 Å². The molecule has 0 radical (unpaired) electrons. The number of halogens is 3. The highest BCUT2D eigenvalue weighted by Crippen LogP contribution is 2.36. The van der Waals surface area contributed by atoms with Crippen LogP contribution in [0, 0.1) is 0 Å². The number of hydrogen-bond acceptors (Lipinski definition) is 7. The van der Waals surface area contributed by atoms with Crippen LogP contribution in [0.4, 0.5) is 24.7 Å². The Morgan fingerprint density at radius 2 is 1.56 bits per heavy atom. The van der Waals surface area contributed by atoms with E-state index < -0.39 is 11.7 Å². The molecule has 0 amide bonds. The van der Waals surface area contributed by atoms with Gasteiger partial charge in [0.1, 0.15) is 5.82 Å². The third-order valence-corrected chi connectivity index (χ3v) is 6.35. The Labute approximate surface area is 206 Å². The highest BCUT2D eigenvalue weighted by Gasteiger charge is 2.31. The van der Waals surface area contributed by atoms with Crippen molar-refractivity contribution >= 4 is 22.4 Å². The molecule has 2 aromatic heterocycles. The van der Waals surface area contributed by atoms with Gasteiger partial charge in [-0.25, -0.2) is 4.98 Å².